The minimum absolute atomic E-state index is 0.163. The van der Waals surface area contributed by atoms with Crippen molar-refractivity contribution in [3.63, 3.8) is 0 Å². The summed E-state index contributed by atoms with van der Waals surface area (Å²) in [7, 11) is 3.12. The van der Waals surface area contributed by atoms with E-state index in [9.17, 15) is 4.79 Å². The first-order valence-electron chi connectivity index (χ1n) is 5.22. The van der Waals surface area contributed by atoms with Gasteiger partial charge in [0, 0.05) is 17.7 Å². The number of benzene rings is 1. The summed E-state index contributed by atoms with van der Waals surface area (Å²) in [4.78, 5) is 17.4. The molecular weight excluding hydrogens is 234 g/mol. The number of ether oxygens (including phenoxy) is 2. The van der Waals surface area contributed by atoms with Gasteiger partial charge in [-0.15, -0.1) is 0 Å². The van der Waals surface area contributed by atoms with Crippen molar-refractivity contribution in [2.45, 2.75) is 0 Å². The number of nitrogen functional groups attached to an aromatic ring is 1. The number of methoxy groups -OCH3 is 2. The van der Waals surface area contributed by atoms with Crippen LogP contribution < -0.4 is 20.9 Å². The zero-order valence-corrected chi connectivity index (χ0v) is 10.1. The van der Waals surface area contributed by atoms with Gasteiger partial charge in [0.25, 0.3) is 0 Å². The molecule has 0 atom stereocenters. The fourth-order valence-corrected chi connectivity index (χ4v) is 1.60. The molecule has 2 aromatic rings. The molecule has 0 aliphatic rings. The van der Waals surface area contributed by atoms with Crippen molar-refractivity contribution in [1.82, 2.24) is 9.97 Å². The van der Waals surface area contributed by atoms with E-state index in [1.807, 2.05) is 0 Å². The summed E-state index contributed by atoms with van der Waals surface area (Å²) >= 11 is 0. The minimum atomic E-state index is -0.494. The molecule has 0 radical (unpaired) electrons. The monoisotopic (exact) mass is 247 g/mol. The zero-order chi connectivity index (χ0) is 13.1. The van der Waals surface area contributed by atoms with E-state index in [0.717, 1.165) is 5.56 Å². The average Bonchev–Trinajstić information content (AvgIpc) is 2.37. The Hall–Kier alpha value is -2.50. The molecule has 0 aliphatic carbocycles. The van der Waals surface area contributed by atoms with Gasteiger partial charge in [-0.2, -0.15) is 4.98 Å². The van der Waals surface area contributed by atoms with Crippen molar-refractivity contribution in [2.24, 2.45) is 0 Å². The third-order valence-corrected chi connectivity index (χ3v) is 2.43. The second kappa shape index (κ2) is 4.79. The van der Waals surface area contributed by atoms with Crippen LogP contribution in [0.15, 0.2) is 29.1 Å². The number of aromatic nitrogens is 2. The van der Waals surface area contributed by atoms with Gasteiger partial charge in [-0.05, 0) is 12.1 Å². The maximum atomic E-state index is 11.3. The van der Waals surface area contributed by atoms with Crippen LogP contribution in [-0.2, 0) is 0 Å². The standard InChI is InChI=1S/C12H13N3O3/c1-17-8-3-7(4-9(5-8)18-2)10-6-11(13)15-12(16)14-10/h3-6H,1-2H3,(H3,13,14,15,16). The quantitative estimate of drug-likeness (QED) is 0.845. The van der Waals surface area contributed by atoms with Gasteiger partial charge >= 0.3 is 5.69 Å². The van der Waals surface area contributed by atoms with Gasteiger partial charge in [-0.1, -0.05) is 0 Å². The van der Waals surface area contributed by atoms with Crippen molar-refractivity contribution in [3.8, 4) is 22.8 Å². The lowest BCUT2D eigenvalue weighted by atomic mass is 10.1. The van der Waals surface area contributed by atoms with Crippen molar-refractivity contribution in [1.29, 1.82) is 0 Å². The normalized spacial score (nSPS) is 10.1. The number of H-pyrrole nitrogens is 1. The molecule has 94 valence electrons. The Bertz CT molecular complexity index is 600. The second-order valence-corrected chi connectivity index (χ2v) is 3.63. The van der Waals surface area contributed by atoms with Crippen LogP contribution in [0.1, 0.15) is 0 Å². The van der Waals surface area contributed by atoms with E-state index in [4.69, 9.17) is 15.2 Å². The SMILES string of the molecule is COc1cc(OC)cc(-c2cc(N)nc(=O)[nH]2)c1. The molecule has 1 aromatic heterocycles. The van der Waals surface area contributed by atoms with Crippen LogP contribution in [0.5, 0.6) is 11.5 Å². The number of anilines is 1. The molecule has 0 unspecified atom stereocenters. The molecule has 0 amide bonds. The Labute approximate surface area is 103 Å². The number of hydrogen-bond donors (Lipinski definition) is 2. The van der Waals surface area contributed by atoms with Gasteiger partial charge in [0.2, 0.25) is 0 Å². The molecule has 18 heavy (non-hydrogen) atoms. The lowest BCUT2D eigenvalue weighted by Gasteiger charge is -2.08. The number of hydrogen-bond acceptors (Lipinski definition) is 5. The molecule has 3 N–H and O–H groups in total. The predicted molar refractivity (Wildman–Crippen MR) is 67.8 cm³/mol. The Morgan fingerprint density at radius 3 is 2.22 bits per heavy atom. The lowest BCUT2D eigenvalue weighted by Crippen LogP contribution is -2.13. The van der Waals surface area contributed by atoms with Crippen molar-refractivity contribution >= 4 is 5.82 Å². The maximum absolute atomic E-state index is 11.3. The van der Waals surface area contributed by atoms with Crippen molar-refractivity contribution in [3.05, 3.63) is 34.7 Å². The first-order valence-corrected chi connectivity index (χ1v) is 5.22. The molecule has 0 fully saturated rings. The largest absolute Gasteiger partial charge is 0.497 e. The van der Waals surface area contributed by atoms with E-state index in [1.165, 1.54) is 0 Å². The molecule has 6 heteroatoms. The molecule has 0 saturated carbocycles. The fourth-order valence-electron chi connectivity index (χ4n) is 1.60. The second-order valence-electron chi connectivity index (χ2n) is 3.63. The molecule has 0 spiro atoms. The lowest BCUT2D eigenvalue weighted by molar-refractivity contribution is 0.394. The highest BCUT2D eigenvalue weighted by Crippen LogP contribution is 2.28. The first-order chi connectivity index (χ1) is 8.62. The van der Waals surface area contributed by atoms with Crippen molar-refractivity contribution < 1.29 is 9.47 Å². The molecule has 0 bridgehead atoms. The summed E-state index contributed by atoms with van der Waals surface area (Å²) in [5.74, 6) is 1.41. The number of nitrogens with zero attached hydrogens (tertiary/aromatic N) is 1. The number of nitrogens with two attached hydrogens (primary N) is 1. The van der Waals surface area contributed by atoms with Gasteiger partial charge in [-0.25, -0.2) is 4.79 Å². The van der Waals surface area contributed by atoms with E-state index < -0.39 is 5.69 Å². The summed E-state index contributed by atoms with van der Waals surface area (Å²) < 4.78 is 10.3. The highest BCUT2D eigenvalue weighted by atomic mass is 16.5. The highest BCUT2D eigenvalue weighted by molar-refractivity contribution is 5.65. The molecular formula is C12H13N3O3. The van der Waals surface area contributed by atoms with E-state index >= 15 is 0 Å². The third-order valence-electron chi connectivity index (χ3n) is 2.43. The van der Waals surface area contributed by atoms with Gasteiger partial charge in [-0.3, -0.25) is 0 Å². The highest BCUT2D eigenvalue weighted by Gasteiger charge is 2.06. The summed E-state index contributed by atoms with van der Waals surface area (Å²) in [6, 6.07) is 6.86. The van der Waals surface area contributed by atoms with Gasteiger partial charge in [0.15, 0.2) is 0 Å². The Morgan fingerprint density at radius 1 is 1.11 bits per heavy atom. The van der Waals surface area contributed by atoms with E-state index in [1.54, 1.807) is 38.5 Å². The molecule has 6 nitrogen and oxygen atoms in total. The van der Waals surface area contributed by atoms with Crippen molar-refractivity contribution in [2.75, 3.05) is 20.0 Å². The summed E-state index contributed by atoms with van der Waals surface area (Å²) in [5, 5.41) is 0. The van der Waals surface area contributed by atoms with Gasteiger partial charge in [0.05, 0.1) is 19.9 Å². The van der Waals surface area contributed by atoms with Crippen LogP contribution >= 0.6 is 0 Å². The Morgan fingerprint density at radius 2 is 1.72 bits per heavy atom. The predicted octanol–water partition coefficient (Wildman–Crippen LogP) is 1.04. The number of rotatable bonds is 3. The molecule has 1 heterocycles. The Kier molecular flexibility index (Phi) is 3.18. The maximum Gasteiger partial charge on any atom is 0.347 e. The van der Waals surface area contributed by atoms with Crippen LogP contribution in [0.3, 0.4) is 0 Å². The Balaban J connectivity index is 2.58. The van der Waals surface area contributed by atoms with Crippen LogP contribution in [0.2, 0.25) is 0 Å². The van der Waals surface area contributed by atoms with Gasteiger partial charge < -0.3 is 20.2 Å². The first kappa shape index (κ1) is 12.0. The number of nitrogens with one attached hydrogen (secondary N) is 1. The smallest absolute Gasteiger partial charge is 0.347 e. The fraction of sp³-hybridized carbons (Fsp3) is 0.167. The molecule has 0 saturated heterocycles. The topological polar surface area (TPSA) is 90.2 Å². The van der Waals surface area contributed by atoms with Crippen LogP contribution in [-0.4, -0.2) is 24.2 Å². The molecule has 0 aliphatic heterocycles. The van der Waals surface area contributed by atoms with Crippen LogP contribution in [0.4, 0.5) is 5.82 Å². The summed E-state index contributed by atoms with van der Waals surface area (Å²) in [6.07, 6.45) is 0. The van der Waals surface area contributed by atoms with E-state index in [-0.39, 0.29) is 5.82 Å². The number of aromatic amines is 1. The zero-order valence-electron chi connectivity index (χ0n) is 10.1. The van der Waals surface area contributed by atoms with Crippen LogP contribution in [0, 0.1) is 0 Å². The van der Waals surface area contributed by atoms with E-state index in [2.05, 4.69) is 9.97 Å². The minimum Gasteiger partial charge on any atom is -0.497 e. The third kappa shape index (κ3) is 2.42. The van der Waals surface area contributed by atoms with Gasteiger partial charge in [0.1, 0.15) is 17.3 Å². The summed E-state index contributed by atoms with van der Waals surface area (Å²) in [5.41, 5.74) is 6.34. The summed E-state index contributed by atoms with van der Waals surface area (Å²) in [6.45, 7) is 0. The molecule has 1 aromatic carbocycles. The average molecular weight is 247 g/mol. The molecule has 2 rings (SSSR count). The van der Waals surface area contributed by atoms with Crippen LogP contribution in [0.25, 0.3) is 11.3 Å². The van der Waals surface area contributed by atoms with E-state index in [0.29, 0.717) is 17.2 Å².